The number of nitrogens with zero attached hydrogens (tertiary/aromatic N) is 5. The predicted molar refractivity (Wildman–Crippen MR) is 85.2 cm³/mol. The van der Waals surface area contributed by atoms with Gasteiger partial charge in [-0.15, -0.1) is 0 Å². The second kappa shape index (κ2) is 5.78. The van der Waals surface area contributed by atoms with Crippen LogP contribution in [-0.2, 0) is 17.9 Å². The number of hydrogen-bond donors (Lipinski definition) is 1. The summed E-state index contributed by atoms with van der Waals surface area (Å²) < 4.78 is 21.4. The molecule has 0 unspecified atom stereocenters. The Bertz CT molecular complexity index is 999. The van der Waals surface area contributed by atoms with E-state index in [2.05, 4.69) is 15.2 Å². The number of hydrogen-bond acceptors (Lipinski definition) is 6. The van der Waals surface area contributed by atoms with E-state index >= 15 is 0 Å². The Morgan fingerprint density at radius 3 is 2.96 bits per heavy atom. The third kappa shape index (κ3) is 2.47. The van der Waals surface area contributed by atoms with E-state index < -0.39 is 18.3 Å². The standard InChI is InChI=1S/C15H13ClFN5O3/c1-7-18-15(25-20-7)8-4-9(16)13(17)14-12(8)10-5-21(11(24)6-23)2-3-22(10)19-14/h4,23H,2-3,5-6H2,1H3. The maximum atomic E-state index is 14.5. The van der Waals surface area contributed by atoms with Crippen LogP contribution in [0.4, 0.5) is 4.39 Å². The van der Waals surface area contributed by atoms with Crippen LogP contribution in [0.15, 0.2) is 10.6 Å². The Kier molecular flexibility index (Phi) is 3.69. The first-order valence-electron chi connectivity index (χ1n) is 7.56. The summed E-state index contributed by atoms with van der Waals surface area (Å²) in [5.41, 5.74) is 1.18. The second-order valence-electron chi connectivity index (χ2n) is 5.73. The first-order valence-corrected chi connectivity index (χ1v) is 7.94. The third-order valence-corrected chi connectivity index (χ3v) is 4.46. The zero-order chi connectivity index (χ0) is 17.7. The van der Waals surface area contributed by atoms with Gasteiger partial charge < -0.3 is 14.5 Å². The van der Waals surface area contributed by atoms with Gasteiger partial charge in [-0.3, -0.25) is 9.48 Å². The van der Waals surface area contributed by atoms with Crippen molar-refractivity contribution in [1.82, 2.24) is 24.8 Å². The monoisotopic (exact) mass is 365 g/mol. The summed E-state index contributed by atoms with van der Waals surface area (Å²) in [6.45, 7) is 2.04. The molecule has 1 aliphatic heterocycles. The third-order valence-electron chi connectivity index (χ3n) is 4.18. The molecule has 0 saturated heterocycles. The maximum Gasteiger partial charge on any atom is 0.258 e. The average Bonchev–Trinajstić information content (AvgIpc) is 3.20. The number of aliphatic hydroxyl groups is 1. The molecule has 0 atom stereocenters. The van der Waals surface area contributed by atoms with Crippen molar-refractivity contribution in [3.63, 3.8) is 0 Å². The van der Waals surface area contributed by atoms with Crippen molar-refractivity contribution in [2.75, 3.05) is 13.2 Å². The summed E-state index contributed by atoms with van der Waals surface area (Å²) in [7, 11) is 0. The Balaban J connectivity index is 1.96. The number of rotatable bonds is 2. The highest BCUT2D eigenvalue weighted by atomic mass is 35.5. The topological polar surface area (TPSA) is 97.3 Å². The molecule has 8 nitrogen and oxygen atoms in total. The fourth-order valence-electron chi connectivity index (χ4n) is 3.02. The lowest BCUT2D eigenvalue weighted by Gasteiger charge is -2.27. The van der Waals surface area contributed by atoms with Gasteiger partial charge in [0.25, 0.3) is 5.89 Å². The highest BCUT2D eigenvalue weighted by Gasteiger charge is 2.28. The van der Waals surface area contributed by atoms with Crippen LogP contribution in [0.2, 0.25) is 5.02 Å². The average molecular weight is 366 g/mol. The molecule has 4 rings (SSSR count). The molecule has 1 N–H and O–H groups in total. The van der Waals surface area contributed by atoms with Gasteiger partial charge in [-0.25, -0.2) is 4.39 Å². The van der Waals surface area contributed by atoms with Gasteiger partial charge in [-0.05, 0) is 13.0 Å². The molecule has 1 aromatic carbocycles. The van der Waals surface area contributed by atoms with Crippen LogP contribution in [0.1, 0.15) is 11.5 Å². The lowest BCUT2D eigenvalue weighted by atomic mass is 10.1. The summed E-state index contributed by atoms with van der Waals surface area (Å²) in [5, 5.41) is 17.5. The van der Waals surface area contributed by atoms with E-state index in [1.165, 1.54) is 11.0 Å². The number of carbonyl (C=O) groups is 1. The van der Waals surface area contributed by atoms with Crippen LogP contribution in [-0.4, -0.2) is 49.0 Å². The molecule has 2 aromatic heterocycles. The number of amides is 1. The highest BCUT2D eigenvalue weighted by Crippen LogP contribution is 2.37. The zero-order valence-electron chi connectivity index (χ0n) is 13.2. The van der Waals surface area contributed by atoms with Gasteiger partial charge in [0.15, 0.2) is 11.6 Å². The minimum Gasteiger partial charge on any atom is -0.387 e. The van der Waals surface area contributed by atoms with Crippen molar-refractivity contribution in [2.24, 2.45) is 0 Å². The number of aryl methyl sites for hydroxylation is 1. The van der Waals surface area contributed by atoms with E-state index in [1.54, 1.807) is 11.6 Å². The van der Waals surface area contributed by atoms with Gasteiger partial charge in [0.1, 0.15) is 12.1 Å². The molecule has 0 bridgehead atoms. The molecule has 0 saturated carbocycles. The van der Waals surface area contributed by atoms with E-state index in [-0.39, 0.29) is 23.0 Å². The Labute approximate surface area is 145 Å². The molecular formula is C15H13ClFN5O3. The van der Waals surface area contributed by atoms with Crippen LogP contribution in [0.25, 0.3) is 22.4 Å². The van der Waals surface area contributed by atoms with E-state index in [0.717, 1.165) is 0 Å². The normalized spacial score (nSPS) is 14.2. The molecule has 0 aliphatic carbocycles. The molecule has 25 heavy (non-hydrogen) atoms. The Hall–Kier alpha value is -2.52. The van der Waals surface area contributed by atoms with Crippen molar-refractivity contribution in [1.29, 1.82) is 0 Å². The van der Waals surface area contributed by atoms with E-state index in [1.807, 2.05) is 0 Å². The van der Waals surface area contributed by atoms with Gasteiger partial charge in [0, 0.05) is 11.9 Å². The van der Waals surface area contributed by atoms with Gasteiger partial charge in [-0.1, -0.05) is 16.8 Å². The Morgan fingerprint density at radius 1 is 1.48 bits per heavy atom. The molecular weight excluding hydrogens is 353 g/mol. The highest BCUT2D eigenvalue weighted by molar-refractivity contribution is 6.32. The first-order chi connectivity index (χ1) is 12.0. The minimum atomic E-state index is -0.640. The number of aromatic nitrogens is 4. The molecule has 3 heterocycles. The van der Waals surface area contributed by atoms with Crippen molar-refractivity contribution in [3.8, 4) is 11.5 Å². The summed E-state index contributed by atoms with van der Waals surface area (Å²) >= 11 is 6.00. The van der Waals surface area contributed by atoms with Gasteiger partial charge >= 0.3 is 0 Å². The number of carbonyl (C=O) groups excluding carboxylic acids is 1. The Morgan fingerprint density at radius 2 is 2.28 bits per heavy atom. The summed E-state index contributed by atoms with van der Waals surface area (Å²) in [6.07, 6.45) is 0. The maximum absolute atomic E-state index is 14.5. The molecule has 0 spiro atoms. The van der Waals surface area contributed by atoms with Crippen molar-refractivity contribution in [3.05, 3.63) is 28.4 Å². The molecule has 0 radical (unpaired) electrons. The van der Waals surface area contributed by atoms with E-state index in [4.69, 9.17) is 21.2 Å². The molecule has 10 heteroatoms. The van der Waals surface area contributed by atoms with Crippen LogP contribution >= 0.6 is 11.6 Å². The summed E-state index contributed by atoms with van der Waals surface area (Å²) in [6, 6.07) is 1.42. The number of halogens is 2. The smallest absolute Gasteiger partial charge is 0.258 e. The fourth-order valence-corrected chi connectivity index (χ4v) is 3.22. The van der Waals surface area contributed by atoms with Crippen molar-refractivity contribution in [2.45, 2.75) is 20.0 Å². The fraction of sp³-hybridized carbons (Fsp3) is 0.333. The lowest BCUT2D eigenvalue weighted by Crippen LogP contribution is -2.39. The molecule has 3 aromatic rings. The quantitative estimate of drug-likeness (QED) is 0.739. The van der Waals surface area contributed by atoms with Gasteiger partial charge in [0.2, 0.25) is 5.91 Å². The second-order valence-corrected chi connectivity index (χ2v) is 6.14. The minimum absolute atomic E-state index is 0.0895. The van der Waals surface area contributed by atoms with Crippen LogP contribution in [0.5, 0.6) is 0 Å². The van der Waals surface area contributed by atoms with Crippen LogP contribution in [0, 0.1) is 12.7 Å². The molecule has 130 valence electrons. The number of fused-ring (bicyclic) bond motifs is 3. The van der Waals surface area contributed by atoms with E-state index in [9.17, 15) is 9.18 Å². The number of aliphatic hydroxyl groups excluding tert-OH is 1. The first kappa shape index (κ1) is 16.0. The molecule has 1 aliphatic rings. The zero-order valence-corrected chi connectivity index (χ0v) is 13.9. The molecule has 1 amide bonds. The van der Waals surface area contributed by atoms with E-state index in [0.29, 0.717) is 35.6 Å². The largest absolute Gasteiger partial charge is 0.387 e. The lowest BCUT2D eigenvalue weighted by molar-refractivity contribution is -0.135. The van der Waals surface area contributed by atoms with Crippen molar-refractivity contribution < 1.29 is 18.8 Å². The summed E-state index contributed by atoms with van der Waals surface area (Å²) in [5.74, 6) is -0.406. The molecule has 0 fully saturated rings. The summed E-state index contributed by atoms with van der Waals surface area (Å²) in [4.78, 5) is 17.5. The predicted octanol–water partition coefficient (Wildman–Crippen LogP) is 1.52. The number of benzene rings is 1. The SMILES string of the molecule is Cc1noc(-c2cc(Cl)c(F)c3nn4c(c23)CN(C(=O)CO)CC4)n1. The van der Waals surface area contributed by atoms with Crippen LogP contribution in [0.3, 0.4) is 0 Å². The van der Waals surface area contributed by atoms with Crippen molar-refractivity contribution >= 4 is 28.4 Å². The van der Waals surface area contributed by atoms with Gasteiger partial charge in [-0.2, -0.15) is 10.1 Å². The van der Waals surface area contributed by atoms with Gasteiger partial charge in [0.05, 0.1) is 29.4 Å². The van der Waals surface area contributed by atoms with Crippen LogP contribution < -0.4 is 0 Å².